The van der Waals surface area contributed by atoms with Gasteiger partial charge in [0, 0.05) is 41.8 Å². The molecule has 0 unspecified atom stereocenters. The molecule has 0 amide bonds. The summed E-state index contributed by atoms with van der Waals surface area (Å²) in [5.41, 5.74) is 4.04. The third-order valence-corrected chi connectivity index (χ3v) is 41.2. The molecule has 0 aromatic carbocycles. The third-order valence-electron chi connectivity index (χ3n) is 13.9. The molecule has 372 valence electrons. The molecular formula is C52H56Br2O8S7Sn. The molecule has 4 aliphatic heterocycles. The minimum atomic E-state index is -2.01. The number of hydrogen-bond donors (Lipinski definition) is 0. The van der Waals surface area contributed by atoms with Gasteiger partial charge in [0.2, 0.25) is 0 Å². The van der Waals surface area contributed by atoms with Crippen LogP contribution in [0.3, 0.4) is 0 Å². The summed E-state index contributed by atoms with van der Waals surface area (Å²) >= 11 is 17.7. The van der Waals surface area contributed by atoms with Crippen molar-refractivity contribution in [1.82, 2.24) is 0 Å². The molecule has 8 nitrogen and oxygen atoms in total. The second kappa shape index (κ2) is 21.8. The van der Waals surface area contributed by atoms with Gasteiger partial charge in [-0.3, -0.25) is 0 Å². The molecule has 7 aromatic heterocycles. The summed E-state index contributed by atoms with van der Waals surface area (Å²) in [5.74, 6) is -4.17. The Morgan fingerprint density at radius 1 is 0.429 bits per heavy atom. The van der Waals surface area contributed by atoms with Crippen LogP contribution in [0.25, 0.3) is 39.0 Å². The molecule has 13 rings (SSSR count). The standard InChI is InChI=1S/C22H16O4S4.C14H10Br2O4S2.C4H3S.3C4H9.Sn/c1-3-15(27-9-1)17-11-13-19(29-17)20-14(12-18(30-20)16-4-2-10-28-16)22-21(13,23-5-7-25-22)24-6-8-26-22;15-9-5-7-11(21-9)12-8(6-10(16)22-12)14-13(7,17-1-2-18-14)19-3-4-20-14;1-2-4-5-3-1;3*1-3-4-2;/h1-4,9-12H,5-8H2;5-6H,1-4H2;1-3H;3*1,3-4H2,2H3;. The number of rotatable bonds is 12. The average molecular weight is 1310 g/mol. The van der Waals surface area contributed by atoms with E-state index in [4.69, 9.17) is 37.9 Å². The third kappa shape index (κ3) is 8.82. The Balaban J connectivity index is 0.000000119. The molecule has 0 radical (unpaired) electrons. The summed E-state index contributed by atoms with van der Waals surface area (Å²) < 4.78 is 59.1. The van der Waals surface area contributed by atoms with Gasteiger partial charge in [-0.2, -0.15) is 0 Å². The second-order valence-corrected chi connectivity index (χ2v) is 42.0. The van der Waals surface area contributed by atoms with E-state index in [1.54, 1.807) is 81.3 Å². The zero-order valence-corrected chi connectivity index (χ0v) is 51.1. The van der Waals surface area contributed by atoms with E-state index in [1.165, 1.54) is 67.8 Å². The van der Waals surface area contributed by atoms with Crippen LogP contribution in [0.1, 0.15) is 81.5 Å². The number of hydrogen-bond acceptors (Lipinski definition) is 15. The van der Waals surface area contributed by atoms with Crippen molar-refractivity contribution in [1.29, 1.82) is 0 Å². The topological polar surface area (TPSA) is 73.8 Å². The molecule has 0 bridgehead atoms. The molecule has 70 heavy (non-hydrogen) atoms. The predicted molar refractivity (Wildman–Crippen MR) is 300 cm³/mol. The number of thiophene rings is 7. The van der Waals surface area contributed by atoms with Gasteiger partial charge in [-0.15, -0.1) is 68.0 Å². The minimum Gasteiger partial charge on any atom is -0.339 e. The van der Waals surface area contributed by atoms with Gasteiger partial charge in [-0.05, 0) is 79.0 Å². The first-order valence-corrected chi connectivity index (χ1v) is 39.4. The van der Waals surface area contributed by atoms with Crippen molar-refractivity contribution in [2.24, 2.45) is 0 Å². The first-order valence-electron chi connectivity index (χ1n) is 24.4. The molecule has 2 aliphatic carbocycles. The molecule has 7 aromatic rings. The van der Waals surface area contributed by atoms with Crippen molar-refractivity contribution < 1.29 is 37.9 Å². The van der Waals surface area contributed by atoms with Crippen molar-refractivity contribution in [2.45, 2.75) is 95.8 Å². The summed E-state index contributed by atoms with van der Waals surface area (Å²) in [6.45, 7) is 10.9. The maximum Gasteiger partial charge on any atom is 0.257 e. The summed E-state index contributed by atoms with van der Waals surface area (Å²) in [6.07, 6.45) is 8.55. The Labute approximate surface area is 459 Å². The molecule has 4 saturated heterocycles. The monoisotopic (exact) mass is 1310 g/mol. The molecule has 0 saturated carbocycles. The second-order valence-electron chi connectivity index (χ2n) is 18.1. The van der Waals surface area contributed by atoms with E-state index in [0.717, 1.165) is 39.6 Å². The zero-order valence-electron chi connectivity index (χ0n) is 39.4. The van der Waals surface area contributed by atoms with Crippen molar-refractivity contribution >= 4 is 132 Å². The number of ether oxygens (including phenoxy) is 8. The van der Waals surface area contributed by atoms with Gasteiger partial charge in [-0.1, -0.05) is 12.1 Å². The maximum absolute atomic E-state index is 6.42. The largest absolute Gasteiger partial charge is 0.339 e. The molecule has 0 atom stereocenters. The fraction of sp³-hybridized carbons (Fsp3) is 0.462. The fourth-order valence-corrected chi connectivity index (χ4v) is 38.3. The summed E-state index contributed by atoms with van der Waals surface area (Å²) in [4.78, 5) is 9.66. The van der Waals surface area contributed by atoms with Gasteiger partial charge >= 0.3 is 123 Å². The van der Waals surface area contributed by atoms with Gasteiger partial charge < -0.3 is 37.9 Å². The first-order chi connectivity index (χ1) is 34.3. The summed E-state index contributed by atoms with van der Waals surface area (Å²) in [7, 11) is 0. The molecule has 6 aliphatic rings. The number of halogens is 2. The van der Waals surface area contributed by atoms with Crippen LogP contribution in [0.5, 0.6) is 0 Å². The van der Waals surface area contributed by atoms with Gasteiger partial charge in [0.05, 0.1) is 79.9 Å². The van der Waals surface area contributed by atoms with Crippen LogP contribution < -0.4 is 2.89 Å². The Bertz CT molecular complexity index is 2640. The SMILES string of the molecule is Brc1cc2c(s1)-c1sc(Br)cc1C13OCCOC21OCCO3.CCC[CH2][Sn]([CH2]CCC)([CH2]CCC)[c]1cccs1.c1csc(-c2cc3c(s2)-c2sc(-c4cccs4)cc2C24OCCOC32OCCO4)c1. The van der Waals surface area contributed by atoms with E-state index in [9.17, 15) is 0 Å². The van der Waals surface area contributed by atoms with E-state index in [0.29, 0.717) is 52.9 Å². The smallest absolute Gasteiger partial charge is 0.257 e. The predicted octanol–water partition coefficient (Wildman–Crippen LogP) is 16.6. The maximum atomic E-state index is 6.42. The van der Waals surface area contributed by atoms with Crippen LogP contribution >= 0.6 is 111 Å². The van der Waals surface area contributed by atoms with E-state index in [-0.39, 0.29) is 0 Å². The van der Waals surface area contributed by atoms with Crippen molar-refractivity contribution in [3.8, 4) is 39.0 Å². The molecule has 18 heteroatoms. The van der Waals surface area contributed by atoms with E-state index in [2.05, 4.69) is 141 Å². The Hall–Kier alpha value is -0.661. The van der Waals surface area contributed by atoms with Crippen molar-refractivity contribution in [2.75, 3.05) is 52.9 Å². The van der Waals surface area contributed by atoms with Gasteiger partial charge in [0.15, 0.2) is 0 Å². The average Bonchev–Trinajstić information content (AvgIpc) is 4.24. The van der Waals surface area contributed by atoms with Gasteiger partial charge in [-0.25, -0.2) is 0 Å². The van der Waals surface area contributed by atoms with Crippen molar-refractivity contribution in [3.05, 3.63) is 107 Å². The van der Waals surface area contributed by atoms with Crippen LogP contribution in [0, 0.1) is 0 Å². The Kier molecular flexibility index (Phi) is 16.0. The van der Waals surface area contributed by atoms with Crippen LogP contribution in [0.4, 0.5) is 0 Å². The van der Waals surface area contributed by atoms with E-state index < -0.39 is 41.5 Å². The van der Waals surface area contributed by atoms with E-state index >= 15 is 0 Å². The minimum absolute atomic E-state index is 0.478. The van der Waals surface area contributed by atoms with Crippen LogP contribution in [0.2, 0.25) is 13.3 Å². The Morgan fingerprint density at radius 3 is 1.07 bits per heavy atom. The van der Waals surface area contributed by atoms with Crippen molar-refractivity contribution in [3.63, 3.8) is 0 Å². The summed E-state index contributed by atoms with van der Waals surface area (Å²) in [5, 5.41) is 6.54. The first kappa shape index (κ1) is 51.4. The molecule has 4 fully saturated rings. The normalized spacial score (nSPS) is 25.0. The van der Waals surface area contributed by atoms with Crippen LogP contribution in [0.15, 0.2) is 84.4 Å². The Morgan fingerprint density at radius 2 is 0.757 bits per heavy atom. The molecule has 11 heterocycles. The molecular weight excluding hydrogens is 1260 g/mol. The number of unbranched alkanes of at least 4 members (excludes halogenated alkanes) is 3. The fourth-order valence-electron chi connectivity index (χ4n) is 10.8. The summed E-state index contributed by atoms with van der Waals surface area (Å²) in [6, 6.07) is 21.8. The van der Waals surface area contributed by atoms with Gasteiger partial charge in [0.1, 0.15) is 0 Å². The van der Waals surface area contributed by atoms with Gasteiger partial charge in [0.25, 0.3) is 23.1 Å². The van der Waals surface area contributed by atoms with Crippen LogP contribution in [-0.2, 0) is 61.0 Å². The number of fused-ring (bicyclic) bond motifs is 6. The molecule has 0 N–H and O–H groups in total. The molecule has 0 spiro atoms. The van der Waals surface area contributed by atoms with E-state index in [1.807, 2.05) is 2.89 Å². The van der Waals surface area contributed by atoms with Crippen LogP contribution in [-0.4, -0.2) is 71.2 Å². The zero-order chi connectivity index (χ0) is 48.0. The quantitative estimate of drug-likeness (QED) is 0.112.